The Morgan fingerprint density at radius 3 is 2.96 bits per heavy atom. The van der Waals surface area contributed by atoms with Crippen LogP contribution in [0.4, 0.5) is 4.39 Å². The molecule has 1 N–H and O–H groups in total. The second-order valence-electron chi connectivity index (χ2n) is 6.18. The Bertz CT molecular complexity index is 733. The summed E-state index contributed by atoms with van der Waals surface area (Å²) in [6, 6.07) is 10.0. The standard InChI is InChI=1S/C19H21FN2O2S/c20-15-6-1-4-14(12-15)5-2-10-21-19(24)17-8-9-18(23)22(17)13-16-7-3-11-25-16/h1,3-4,6-7,11-12,17H,2,5,8-10,13H2,(H,21,24)/t17-/m0/s1. The number of amides is 2. The first kappa shape index (κ1) is 17.6. The second-order valence-corrected chi connectivity index (χ2v) is 7.21. The van der Waals surface area contributed by atoms with E-state index in [2.05, 4.69) is 5.32 Å². The number of aryl methyl sites for hydroxylation is 1. The van der Waals surface area contributed by atoms with Crippen LogP contribution in [0.15, 0.2) is 41.8 Å². The molecule has 25 heavy (non-hydrogen) atoms. The van der Waals surface area contributed by atoms with Crippen LogP contribution in [0.1, 0.15) is 29.7 Å². The molecule has 1 aromatic carbocycles. The Hall–Kier alpha value is -2.21. The number of rotatable bonds is 7. The molecule has 132 valence electrons. The number of thiophene rings is 1. The van der Waals surface area contributed by atoms with Gasteiger partial charge in [0.05, 0.1) is 6.54 Å². The number of nitrogens with zero attached hydrogens (tertiary/aromatic N) is 1. The molecule has 1 aromatic heterocycles. The fourth-order valence-electron chi connectivity index (χ4n) is 3.09. The van der Waals surface area contributed by atoms with E-state index in [4.69, 9.17) is 0 Å². The Labute approximate surface area is 150 Å². The summed E-state index contributed by atoms with van der Waals surface area (Å²) in [4.78, 5) is 27.3. The van der Waals surface area contributed by atoms with Gasteiger partial charge in [0.1, 0.15) is 11.9 Å². The van der Waals surface area contributed by atoms with Crippen LogP contribution < -0.4 is 5.32 Å². The number of hydrogen-bond donors (Lipinski definition) is 1. The number of hydrogen-bond acceptors (Lipinski definition) is 3. The lowest BCUT2D eigenvalue weighted by molar-refractivity contribution is -0.135. The van der Waals surface area contributed by atoms with Crippen LogP contribution in [-0.2, 0) is 22.6 Å². The number of carbonyl (C=O) groups excluding carboxylic acids is 2. The van der Waals surface area contributed by atoms with Crippen molar-refractivity contribution in [1.29, 1.82) is 0 Å². The zero-order valence-corrected chi connectivity index (χ0v) is 14.7. The maximum Gasteiger partial charge on any atom is 0.242 e. The lowest BCUT2D eigenvalue weighted by atomic mass is 10.1. The smallest absolute Gasteiger partial charge is 0.242 e. The third-order valence-electron chi connectivity index (χ3n) is 4.37. The van der Waals surface area contributed by atoms with Crippen molar-refractivity contribution in [3.8, 4) is 0 Å². The Balaban J connectivity index is 1.47. The van der Waals surface area contributed by atoms with Gasteiger partial charge in [-0.2, -0.15) is 0 Å². The van der Waals surface area contributed by atoms with Crippen LogP contribution in [-0.4, -0.2) is 29.3 Å². The molecule has 2 aromatic rings. The molecule has 0 aliphatic carbocycles. The van der Waals surface area contributed by atoms with Gasteiger partial charge in [-0.25, -0.2) is 4.39 Å². The summed E-state index contributed by atoms with van der Waals surface area (Å²) >= 11 is 1.59. The molecule has 1 atom stereocenters. The predicted octanol–water partition coefficient (Wildman–Crippen LogP) is 3.13. The summed E-state index contributed by atoms with van der Waals surface area (Å²) in [5, 5.41) is 4.89. The van der Waals surface area contributed by atoms with Gasteiger partial charge in [0, 0.05) is 17.8 Å². The van der Waals surface area contributed by atoms with E-state index in [0.29, 0.717) is 32.4 Å². The minimum absolute atomic E-state index is 0.0355. The summed E-state index contributed by atoms with van der Waals surface area (Å²) in [6.07, 6.45) is 2.44. The SMILES string of the molecule is O=C(NCCCc1cccc(F)c1)[C@@H]1CCC(=O)N1Cc1cccs1. The van der Waals surface area contributed by atoms with Gasteiger partial charge < -0.3 is 10.2 Å². The Morgan fingerprint density at radius 2 is 2.20 bits per heavy atom. The highest BCUT2D eigenvalue weighted by Crippen LogP contribution is 2.23. The van der Waals surface area contributed by atoms with E-state index in [-0.39, 0.29) is 23.7 Å². The lowest BCUT2D eigenvalue weighted by Gasteiger charge is -2.23. The van der Waals surface area contributed by atoms with Gasteiger partial charge in [0.25, 0.3) is 0 Å². The van der Waals surface area contributed by atoms with Gasteiger partial charge in [-0.3, -0.25) is 9.59 Å². The molecule has 1 fully saturated rings. The van der Waals surface area contributed by atoms with Gasteiger partial charge in [0.15, 0.2) is 0 Å². The molecule has 0 saturated carbocycles. The van der Waals surface area contributed by atoms with E-state index in [9.17, 15) is 14.0 Å². The number of likely N-dealkylation sites (tertiary alicyclic amines) is 1. The van der Waals surface area contributed by atoms with Crippen molar-refractivity contribution in [2.24, 2.45) is 0 Å². The zero-order chi connectivity index (χ0) is 17.6. The van der Waals surface area contributed by atoms with E-state index in [1.54, 1.807) is 22.3 Å². The molecule has 2 heterocycles. The summed E-state index contributed by atoms with van der Waals surface area (Å²) in [7, 11) is 0. The number of nitrogens with one attached hydrogen (secondary N) is 1. The maximum atomic E-state index is 13.1. The van der Waals surface area contributed by atoms with E-state index in [1.807, 2.05) is 23.6 Å². The molecule has 6 heteroatoms. The minimum atomic E-state index is -0.385. The molecule has 4 nitrogen and oxygen atoms in total. The van der Waals surface area contributed by atoms with Crippen molar-refractivity contribution < 1.29 is 14.0 Å². The lowest BCUT2D eigenvalue weighted by Crippen LogP contribution is -2.44. The van der Waals surface area contributed by atoms with E-state index >= 15 is 0 Å². The van der Waals surface area contributed by atoms with Crippen LogP contribution in [0.2, 0.25) is 0 Å². The number of carbonyl (C=O) groups is 2. The summed E-state index contributed by atoms with van der Waals surface area (Å²) < 4.78 is 13.1. The molecule has 0 bridgehead atoms. The molecule has 2 amide bonds. The topological polar surface area (TPSA) is 49.4 Å². The highest BCUT2D eigenvalue weighted by molar-refractivity contribution is 7.09. The van der Waals surface area contributed by atoms with Crippen LogP contribution in [0.25, 0.3) is 0 Å². The van der Waals surface area contributed by atoms with E-state index in [1.165, 1.54) is 12.1 Å². The maximum absolute atomic E-state index is 13.1. The molecule has 1 saturated heterocycles. The molecular formula is C19H21FN2O2S. The first-order chi connectivity index (χ1) is 12.1. The summed E-state index contributed by atoms with van der Waals surface area (Å²) in [5.74, 6) is -0.301. The van der Waals surface area contributed by atoms with Crippen molar-refractivity contribution in [3.05, 3.63) is 58.0 Å². The van der Waals surface area contributed by atoms with E-state index in [0.717, 1.165) is 16.9 Å². The zero-order valence-electron chi connectivity index (χ0n) is 13.9. The molecule has 1 aliphatic heterocycles. The first-order valence-corrected chi connectivity index (χ1v) is 9.35. The van der Waals surface area contributed by atoms with Crippen molar-refractivity contribution in [1.82, 2.24) is 10.2 Å². The third kappa shape index (κ3) is 4.66. The molecule has 0 radical (unpaired) electrons. The van der Waals surface area contributed by atoms with Crippen LogP contribution >= 0.6 is 11.3 Å². The van der Waals surface area contributed by atoms with Gasteiger partial charge in [-0.15, -0.1) is 11.3 Å². The van der Waals surface area contributed by atoms with Crippen molar-refractivity contribution in [2.45, 2.75) is 38.3 Å². The molecule has 0 spiro atoms. The summed E-state index contributed by atoms with van der Waals surface area (Å²) in [6.45, 7) is 1.02. The number of benzene rings is 1. The average molecular weight is 360 g/mol. The van der Waals surface area contributed by atoms with Crippen LogP contribution in [0, 0.1) is 5.82 Å². The second kappa shape index (κ2) is 8.25. The highest BCUT2D eigenvalue weighted by Gasteiger charge is 2.35. The third-order valence-corrected chi connectivity index (χ3v) is 5.23. The van der Waals surface area contributed by atoms with Gasteiger partial charge in [0.2, 0.25) is 11.8 Å². The fraction of sp³-hybridized carbons (Fsp3) is 0.368. The molecule has 0 unspecified atom stereocenters. The predicted molar refractivity (Wildman–Crippen MR) is 95.6 cm³/mol. The fourth-order valence-corrected chi connectivity index (χ4v) is 3.79. The van der Waals surface area contributed by atoms with Crippen molar-refractivity contribution in [3.63, 3.8) is 0 Å². The molecular weight excluding hydrogens is 339 g/mol. The van der Waals surface area contributed by atoms with Crippen molar-refractivity contribution in [2.75, 3.05) is 6.54 Å². The first-order valence-electron chi connectivity index (χ1n) is 8.47. The summed E-state index contributed by atoms with van der Waals surface area (Å²) in [5.41, 5.74) is 0.921. The Kier molecular flexibility index (Phi) is 5.81. The minimum Gasteiger partial charge on any atom is -0.354 e. The van der Waals surface area contributed by atoms with Crippen LogP contribution in [0.3, 0.4) is 0 Å². The Morgan fingerprint density at radius 1 is 1.32 bits per heavy atom. The quantitative estimate of drug-likeness (QED) is 0.771. The van der Waals surface area contributed by atoms with Crippen LogP contribution in [0.5, 0.6) is 0 Å². The molecule has 1 aliphatic rings. The average Bonchev–Trinajstić information content (AvgIpc) is 3.23. The number of halogens is 1. The van der Waals surface area contributed by atoms with Gasteiger partial charge in [-0.05, 0) is 48.4 Å². The van der Waals surface area contributed by atoms with Gasteiger partial charge >= 0.3 is 0 Å². The largest absolute Gasteiger partial charge is 0.354 e. The highest BCUT2D eigenvalue weighted by atomic mass is 32.1. The van der Waals surface area contributed by atoms with Crippen molar-refractivity contribution >= 4 is 23.2 Å². The normalized spacial score (nSPS) is 17.1. The monoisotopic (exact) mass is 360 g/mol. The van der Waals surface area contributed by atoms with Gasteiger partial charge in [-0.1, -0.05) is 18.2 Å². The van der Waals surface area contributed by atoms with E-state index < -0.39 is 0 Å². The molecule has 3 rings (SSSR count).